The average molecular weight is 355 g/mol. The van der Waals surface area contributed by atoms with Gasteiger partial charge in [0.1, 0.15) is 0 Å². The summed E-state index contributed by atoms with van der Waals surface area (Å²) in [5.41, 5.74) is 5.88. The molecule has 4 rings (SSSR count). The fourth-order valence-electron chi connectivity index (χ4n) is 7.46. The molecule has 0 heterocycles. The van der Waals surface area contributed by atoms with Gasteiger partial charge in [-0.3, -0.25) is 0 Å². The third-order valence-electron chi connectivity index (χ3n) is 8.83. The molecule has 4 aliphatic rings. The lowest BCUT2D eigenvalue weighted by Crippen LogP contribution is -2.55. The van der Waals surface area contributed by atoms with E-state index >= 15 is 0 Å². The molecule has 2 nitrogen and oxygen atoms in total. The number of rotatable bonds is 3. The second-order valence-corrected chi connectivity index (χ2v) is 9.33. The van der Waals surface area contributed by atoms with Gasteiger partial charge in [-0.05, 0) is 80.8 Å². The first-order chi connectivity index (χ1) is 12.4. The standard InChI is InChI=1S/C24H34O2/c1-5-12-24(25)13-11-21-20-9-7-17-16-18(26-4)8-10-19(17)22(20,3)14-15-23(21,24)6-2/h8,12,20-21,25H,1,6-7,9-11,13-16H2,2-4H3/t20-,21-,22+,23?,24-/m0/s1. The Morgan fingerprint density at radius 3 is 2.81 bits per heavy atom. The summed E-state index contributed by atoms with van der Waals surface area (Å²) in [6, 6.07) is 0. The predicted octanol–water partition coefficient (Wildman–Crippen LogP) is 5.70. The Morgan fingerprint density at radius 2 is 2.12 bits per heavy atom. The van der Waals surface area contributed by atoms with Crippen LogP contribution in [0.15, 0.2) is 41.4 Å². The third kappa shape index (κ3) is 2.21. The molecule has 0 aliphatic heterocycles. The summed E-state index contributed by atoms with van der Waals surface area (Å²) in [5.74, 6) is 2.46. The molecule has 142 valence electrons. The van der Waals surface area contributed by atoms with Gasteiger partial charge in [-0.1, -0.05) is 31.6 Å². The highest BCUT2D eigenvalue weighted by molar-refractivity contribution is 5.37. The SMILES string of the molecule is C=C=C[C@]1(O)CC[C@H]2[C@@H]3CCC4=C(CC=C(OC)C4)[C@@]3(C)CCC21CC. The first-order valence-electron chi connectivity index (χ1n) is 10.5. The van der Waals surface area contributed by atoms with Crippen molar-refractivity contribution in [2.24, 2.45) is 22.7 Å². The summed E-state index contributed by atoms with van der Waals surface area (Å²) in [4.78, 5) is 0. The normalized spacial score (nSPS) is 44.4. The van der Waals surface area contributed by atoms with Crippen LogP contribution in [-0.4, -0.2) is 17.8 Å². The number of aliphatic hydroxyl groups is 1. The molecule has 1 unspecified atom stereocenters. The summed E-state index contributed by atoms with van der Waals surface area (Å²) in [6.45, 7) is 8.58. The summed E-state index contributed by atoms with van der Waals surface area (Å²) >= 11 is 0. The molecule has 2 saturated carbocycles. The molecule has 0 spiro atoms. The lowest BCUT2D eigenvalue weighted by atomic mass is 9.46. The van der Waals surface area contributed by atoms with Crippen LogP contribution in [0.5, 0.6) is 0 Å². The molecule has 0 saturated heterocycles. The molecule has 4 aliphatic carbocycles. The molecule has 0 amide bonds. The molecule has 26 heavy (non-hydrogen) atoms. The van der Waals surface area contributed by atoms with Gasteiger partial charge in [0, 0.05) is 11.8 Å². The van der Waals surface area contributed by atoms with Crippen LogP contribution in [0.1, 0.15) is 71.6 Å². The van der Waals surface area contributed by atoms with E-state index in [9.17, 15) is 5.11 Å². The number of hydrogen-bond acceptors (Lipinski definition) is 2. The average Bonchev–Trinajstić information content (AvgIpc) is 2.94. The van der Waals surface area contributed by atoms with Gasteiger partial charge >= 0.3 is 0 Å². The number of methoxy groups -OCH3 is 1. The van der Waals surface area contributed by atoms with E-state index in [0.29, 0.717) is 17.3 Å². The number of allylic oxidation sites excluding steroid dienone is 3. The zero-order valence-corrected chi connectivity index (χ0v) is 16.7. The number of ether oxygens (including phenoxy) is 1. The van der Waals surface area contributed by atoms with E-state index in [1.165, 1.54) is 19.3 Å². The van der Waals surface area contributed by atoms with Gasteiger partial charge in [-0.25, -0.2) is 0 Å². The molecule has 0 aromatic rings. The maximum absolute atomic E-state index is 11.5. The molecule has 0 bridgehead atoms. The number of fused-ring (bicyclic) bond motifs is 4. The molecule has 5 atom stereocenters. The van der Waals surface area contributed by atoms with E-state index in [1.54, 1.807) is 18.3 Å². The van der Waals surface area contributed by atoms with Gasteiger partial charge in [0.25, 0.3) is 0 Å². The first kappa shape index (κ1) is 18.1. The highest BCUT2D eigenvalue weighted by Crippen LogP contribution is 2.69. The smallest absolute Gasteiger partial charge is 0.0959 e. The Morgan fingerprint density at radius 1 is 1.31 bits per heavy atom. The van der Waals surface area contributed by atoms with Crippen molar-refractivity contribution in [3.63, 3.8) is 0 Å². The van der Waals surface area contributed by atoms with E-state index in [4.69, 9.17) is 4.74 Å². The highest BCUT2D eigenvalue weighted by Gasteiger charge is 2.64. The van der Waals surface area contributed by atoms with Crippen molar-refractivity contribution in [2.45, 2.75) is 77.2 Å². The minimum absolute atomic E-state index is 0.0160. The van der Waals surface area contributed by atoms with Crippen LogP contribution < -0.4 is 0 Å². The van der Waals surface area contributed by atoms with Crippen LogP contribution in [0.25, 0.3) is 0 Å². The third-order valence-corrected chi connectivity index (χ3v) is 8.83. The maximum Gasteiger partial charge on any atom is 0.0959 e. The Hall–Kier alpha value is -1.24. The Kier molecular flexibility index (Phi) is 4.29. The van der Waals surface area contributed by atoms with Crippen LogP contribution in [0, 0.1) is 22.7 Å². The topological polar surface area (TPSA) is 29.5 Å². The van der Waals surface area contributed by atoms with Crippen LogP contribution in [0.2, 0.25) is 0 Å². The van der Waals surface area contributed by atoms with E-state index in [-0.39, 0.29) is 5.41 Å². The van der Waals surface area contributed by atoms with Crippen molar-refractivity contribution in [1.29, 1.82) is 0 Å². The van der Waals surface area contributed by atoms with Crippen LogP contribution in [-0.2, 0) is 4.74 Å². The lowest BCUT2D eigenvalue weighted by Gasteiger charge is -2.59. The summed E-state index contributed by atoms with van der Waals surface area (Å²) in [5, 5.41) is 11.5. The number of hydrogen-bond donors (Lipinski definition) is 1. The minimum atomic E-state index is -0.708. The van der Waals surface area contributed by atoms with E-state index in [0.717, 1.165) is 44.3 Å². The molecule has 0 aromatic carbocycles. The van der Waals surface area contributed by atoms with E-state index in [1.807, 2.05) is 6.08 Å². The molecule has 2 fully saturated rings. The van der Waals surface area contributed by atoms with Gasteiger partial charge < -0.3 is 9.84 Å². The van der Waals surface area contributed by atoms with Crippen molar-refractivity contribution in [3.8, 4) is 0 Å². The molecule has 0 radical (unpaired) electrons. The second kappa shape index (κ2) is 6.14. The highest BCUT2D eigenvalue weighted by atomic mass is 16.5. The van der Waals surface area contributed by atoms with Crippen molar-refractivity contribution < 1.29 is 9.84 Å². The minimum Gasteiger partial charge on any atom is -0.501 e. The van der Waals surface area contributed by atoms with E-state index < -0.39 is 5.60 Å². The zero-order valence-electron chi connectivity index (χ0n) is 16.7. The predicted molar refractivity (Wildman–Crippen MR) is 106 cm³/mol. The van der Waals surface area contributed by atoms with Gasteiger partial charge in [-0.2, -0.15) is 0 Å². The maximum atomic E-state index is 11.5. The van der Waals surface area contributed by atoms with Crippen LogP contribution in [0.3, 0.4) is 0 Å². The van der Waals surface area contributed by atoms with Crippen molar-refractivity contribution >= 4 is 0 Å². The Labute approximate surface area is 158 Å². The van der Waals surface area contributed by atoms with Gasteiger partial charge in [0.15, 0.2) is 0 Å². The summed E-state index contributed by atoms with van der Waals surface area (Å²) in [7, 11) is 1.80. The summed E-state index contributed by atoms with van der Waals surface area (Å²) < 4.78 is 5.54. The molecule has 2 heteroatoms. The zero-order chi connectivity index (χ0) is 18.6. The first-order valence-corrected chi connectivity index (χ1v) is 10.5. The van der Waals surface area contributed by atoms with Crippen LogP contribution in [0.4, 0.5) is 0 Å². The van der Waals surface area contributed by atoms with Crippen LogP contribution >= 0.6 is 0 Å². The van der Waals surface area contributed by atoms with Gasteiger partial charge in [-0.15, -0.1) is 5.73 Å². The Balaban J connectivity index is 1.71. The summed E-state index contributed by atoms with van der Waals surface area (Å²) in [6.07, 6.45) is 14.1. The second-order valence-electron chi connectivity index (χ2n) is 9.33. The molecular formula is C24H34O2. The largest absolute Gasteiger partial charge is 0.501 e. The molecule has 0 aromatic heterocycles. The monoisotopic (exact) mass is 354 g/mol. The molecular weight excluding hydrogens is 320 g/mol. The van der Waals surface area contributed by atoms with E-state index in [2.05, 4.69) is 32.2 Å². The fraction of sp³-hybridized carbons (Fsp3) is 0.708. The Bertz CT molecular complexity index is 710. The quantitative estimate of drug-likeness (QED) is 0.521. The van der Waals surface area contributed by atoms with Crippen molar-refractivity contribution in [1.82, 2.24) is 0 Å². The van der Waals surface area contributed by atoms with Gasteiger partial charge in [0.05, 0.1) is 18.5 Å². The van der Waals surface area contributed by atoms with Crippen molar-refractivity contribution in [3.05, 3.63) is 41.4 Å². The van der Waals surface area contributed by atoms with Gasteiger partial charge in [0.2, 0.25) is 0 Å². The fourth-order valence-corrected chi connectivity index (χ4v) is 7.46. The van der Waals surface area contributed by atoms with Crippen molar-refractivity contribution in [2.75, 3.05) is 7.11 Å². The lowest BCUT2D eigenvalue weighted by molar-refractivity contribution is -0.110. The molecule has 1 N–H and O–H groups in total.